The second-order valence-corrected chi connectivity index (χ2v) is 8.23. The number of hydrazine groups is 1. The fourth-order valence-corrected chi connectivity index (χ4v) is 4.08. The van der Waals surface area contributed by atoms with Crippen LogP contribution < -0.4 is 10.7 Å². The summed E-state index contributed by atoms with van der Waals surface area (Å²) in [5, 5.41) is 4.33. The number of urea groups is 1. The molecule has 9 nitrogen and oxygen atoms in total. The van der Waals surface area contributed by atoms with Gasteiger partial charge in [0.05, 0.1) is 5.52 Å². The second-order valence-electron chi connectivity index (χ2n) is 8.23. The summed E-state index contributed by atoms with van der Waals surface area (Å²) in [5.74, 6) is -1.49. The molecule has 2 aromatic rings. The van der Waals surface area contributed by atoms with Gasteiger partial charge >= 0.3 is 12.0 Å². The van der Waals surface area contributed by atoms with E-state index in [9.17, 15) is 19.2 Å². The van der Waals surface area contributed by atoms with E-state index in [2.05, 4.69) is 22.7 Å². The summed E-state index contributed by atoms with van der Waals surface area (Å²) in [5.41, 5.74) is 2.75. The van der Waals surface area contributed by atoms with Crippen molar-refractivity contribution in [2.75, 3.05) is 6.61 Å². The highest BCUT2D eigenvalue weighted by atomic mass is 16.5. The Morgan fingerprint density at radius 3 is 2.78 bits per heavy atom. The first-order valence-corrected chi connectivity index (χ1v) is 10.5. The van der Waals surface area contributed by atoms with Crippen LogP contribution in [0.25, 0.3) is 17.0 Å². The SMILES string of the molecule is CC1CCC2(CC1)NC(=O)N(NC(=O)COC(=O)/C=C/c1cccc3cccnc13)C2=O. The zero-order valence-corrected chi connectivity index (χ0v) is 17.7. The van der Waals surface area contributed by atoms with Gasteiger partial charge in [0.25, 0.3) is 11.8 Å². The highest BCUT2D eigenvalue weighted by Gasteiger charge is 2.52. The van der Waals surface area contributed by atoms with Gasteiger partial charge in [-0.15, -0.1) is 0 Å². The molecule has 1 aromatic carbocycles. The summed E-state index contributed by atoms with van der Waals surface area (Å²) in [4.78, 5) is 53.5. The van der Waals surface area contributed by atoms with Crippen molar-refractivity contribution in [2.24, 2.45) is 5.92 Å². The predicted molar refractivity (Wildman–Crippen MR) is 116 cm³/mol. The Morgan fingerprint density at radius 2 is 2.00 bits per heavy atom. The highest BCUT2D eigenvalue weighted by Crippen LogP contribution is 2.35. The van der Waals surface area contributed by atoms with Gasteiger partial charge in [-0.3, -0.25) is 20.0 Å². The number of para-hydroxylation sites is 1. The number of hydrogen-bond acceptors (Lipinski definition) is 6. The highest BCUT2D eigenvalue weighted by molar-refractivity contribution is 6.08. The zero-order chi connectivity index (χ0) is 22.7. The molecule has 0 bridgehead atoms. The van der Waals surface area contributed by atoms with Gasteiger partial charge in [0.1, 0.15) is 5.54 Å². The van der Waals surface area contributed by atoms with Crippen molar-refractivity contribution in [3.05, 3.63) is 48.2 Å². The number of hydrogen-bond donors (Lipinski definition) is 2. The number of imide groups is 1. The van der Waals surface area contributed by atoms with Crippen LogP contribution in [0.1, 0.15) is 38.2 Å². The first kappa shape index (κ1) is 21.5. The first-order valence-electron chi connectivity index (χ1n) is 10.5. The Balaban J connectivity index is 1.31. The van der Waals surface area contributed by atoms with Gasteiger partial charge in [-0.2, -0.15) is 5.01 Å². The molecule has 0 radical (unpaired) electrons. The van der Waals surface area contributed by atoms with E-state index in [1.165, 1.54) is 6.08 Å². The Kier molecular flexibility index (Phi) is 5.89. The fourth-order valence-electron chi connectivity index (χ4n) is 4.08. The van der Waals surface area contributed by atoms with Crippen molar-refractivity contribution in [1.82, 2.24) is 20.7 Å². The van der Waals surface area contributed by atoms with Crippen LogP contribution in [0.3, 0.4) is 0 Å². The molecule has 1 aliphatic carbocycles. The topological polar surface area (TPSA) is 118 Å². The average molecular weight is 436 g/mol. The van der Waals surface area contributed by atoms with Crippen LogP contribution >= 0.6 is 0 Å². The molecule has 32 heavy (non-hydrogen) atoms. The Bertz CT molecular complexity index is 1100. The van der Waals surface area contributed by atoms with Gasteiger partial charge in [-0.1, -0.05) is 31.2 Å². The van der Waals surface area contributed by atoms with Gasteiger partial charge in [0.2, 0.25) is 0 Å². The number of carbonyl (C=O) groups is 4. The van der Waals surface area contributed by atoms with Crippen LogP contribution in [0.15, 0.2) is 42.6 Å². The van der Waals surface area contributed by atoms with E-state index in [0.29, 0.717) is 23.8 Å². The molecule has 1 saturated carbocycles. The Hall–Kier alpha value is -3.75. The number of benzene rings is 1. The molecular formula is C23H24N4O5. The first-order chi connectivity index (χ1) is 15.4. The van der Waals surface area contributed by atoms with E-state index in [4.69, 9.17) is 4.74 Å². The summed E-state index contributed by atoms with van der Waals surface area (Å²) in [6.45, 7) is 1.48. The monoisotopic (exact) mass is 436 g/mol. The largest absolute Gasteiger partial charge is 0.452 e. The third-order valence-electron chi connectivity index (χ3n) is 5.93. The molecule has 1 aromatic heterocycles. The number of carbonyl (C=O) groups excluding carboxylic acids is 4. The van der Waals surface area contributed by atoms with Crippen LogP contribution in [-0.4, -0.2) is 46.0 Å². The molecule has 2 N–H and O–H groups in total. The molecule has 166 valence electrons. The van der Waals surface area contributed by atoms with Crippen molar-refractivity contribution in [2.45, 2.75) is 38.1 Å². The summed E-state index contributed by atoms with van der Waals surface area (Å²) >= 11 is 0. The third kappa shape index (κ3) is 4.32. The van der Waals surface area contributed by atoms with Crippen molar-refractivity contribution >= 4 is 40.8 Å². The maximum atomic E-state index is 12.7. The minimum atomic E-state index is -0.956. The number of esters is 1. The number of nitrogens with one attached hydrogen (secondary N) is 2. The lowest BCUT2D eigenvalue weighted by atomic mass is 9.77. The number of aromatic nitrogens is 1. The number of amides is 4. The molecule has 4 rings (SSSR count). The standard InChI is InChI=1S/C23H24N4O5/c1-15-9-11-23(12-10-15)21(30)27(22(31)25-23)26-18(28)14-32-19(29)8-7-17-5-2-4-16-6-3-13-24-20(16)17/h2-8,13,15H,9-12,14H2,1H3,(H,25,31)(H,26,28)/b8-7+. The Morgan fingerprint density at radius 1 is 1.25 bits per heavy atom. The normalized spacial score (nSPS) is 23.0. The minimum absolute atomic E-state index is 0.475. The van der Waals surface area contributed by atoms with Crippen molar-refractivity contribution in [3.63, 3.8) is 0 Å². The molecule has 1 spiro atoms. The predicted octanol–water partition coefficient (Wildman–Crippen LogP) is 2.32. The number of nitrogens with zero attached hydrogens (tertiary/aromatic N) is 2. The van der Waals surface area contributed by atoms with Crippen molar-refractivity contribution in [1.29, 1.82) is 0 Å². The molecule has 0 atom stereocenters. The molecule has 2 heterocycles. The average Bonchev–Trinajstić information content (AvgIpc) is 3.02. The van der Waals surface area contributed by atoms with E-state index < -0.39 is 36.0 Å². The molecule has 9 heteroatoms. The van der Waals surface area contributed by atoms with E-state index in [0.717, 1.165) is 29.3 Å². The van der Waals surface area contributed by atoms with Gasteiger partial charge in [-0.25, -0.2) is 9.59 Å². The Labute approximate surface area is 184 Å². The van der Waals surface area contributed by atoms with E-state index in [-0.39, 0.29) is 0 Å². The summed E-state index contributed by atoms with van der Waals surface area (Å²) in [6, 6.07) is 8.63. The van der Waals surface area contributed by atoms with E-state index >= 15 is 0 Å². The van der Waals surface area contributed by atoms with Crippen molar-refractivity contribution in [3.8, 4) is 0 Å². The van der Waals surface area contributed by atoms with E-state index in [1.54, 1.807) is 12.3 Å². The smallest absolute Gasteiger partial charge is 0.344 e. The lowest BCUT2D eigenvalue weighted by Gasteiger charge is -2.33. The summed E-state index contributed by atoms with van der Waals surface area (Å²) in [6.07, 6.45) is 7.13. The second kappa shape index (κ2) is 8.78. The molecule has 2 fully saturated rings. The van der Waals surface area contributed by atoms with E-state index in [1.807, 2.05) is 30.3 Å². The summed E-state index contributed by atoms with van der Waals surface area (Å²) < 4.78 is 4.94. The molecule has 0 unspecified atom stereocenters. The van der Waals surface area contributed by atoms with Gasteiger partial charge in [0, 0.05) is 23.2 Å². The molecular weight excluding hydrogens is 412 g/mol. The number of fused-ring (bicyclic) bond motifs is 1. The van der Waals surface area contributed by atoms with Crippen LogP contribution in [-0.2, 0) is 19.1 Å². The third-order valence-corrected chi connectivity index (χ3v) is 5.93. The molecule has 1 aliphatic heterocycles. The van der Waals surface area contributed by atoms with Crippen molar-refractivity contribution < 1.29 is 23.9 Å². The fraction of sp³-hybridized carbons (Fsp3) is 0.348. The van der Waals surface area contributed by atoms with Crippen LogP contribution in [0.5, 0.6) is 0 Å². The van der Waals surface area contributed by atoms with Crippen LogP contribution in [0, 0.1) is 5.92 Å². The number of ether oxygens (including phenoxy) is 1. The van der Waals surface area contributed by atoms with Crippen LogP contribution in [0.4, 0.5) is 4.79 Å². The van der Waals surface area contributed by atoms with Gasteiger partial charge < -0.3 is 10.1 Å². The van der Waals surface area contributed by atoms with Crippen LogP contribution in [0.2, 0.25) is 0 Å². The minimum Gasteiger partial charge on any atom is -0.452 e. The lowest BCUT2D eigenvalue weighted by molar-refractivity contribution is -0.147. The maximum absolute atomic E-state index is 12.7. The quantitative estimate of drug-likeness (QED) is 0.422. The number of pyridine rings is 1. The zero-order valence-electron chi connectivity index (χ0n) is 17.7. The molecule has 2 aliphatic rings. The van der Waals surface area contributed by atoms with Gasteiger partial charge in [0.15, 0.2) is 6.61 Å². The summed E-state index contributed by atoms with van der Waals surface area (Å²) in [7, 11) is 0. The number of rotatable bonds is 5. The molecule has 1 saturated heterocycles. The van der Waals surface area contributed by atoms with Gasteiger partial charge in [-0.05, 0) is 43.7 Å². The lowest BCUT2D eigenvalue weighted by Crippen LogP contribution is -2.52. The maximum Gasteiger partial charge on any atom is 0.344 e. The molecule has 4 amide bonds.